The number of esters is 1. The number of rotatable bonds is 6. The van der Waals surface area contributed by atoms with Gasteiger partial charge in [-0.2, -0.15) is 0 Å². The van der Waals surface area contributed by atoms with E-state index in [4.69, 9.17) is 4.74 Å². The smallest absolute Gasteiger partial charge is 0.329 e. The van der Waals surface area contributed by atoms with Crippen molar-refractivity contribution in [3.05, 3.63) is 34.4 Å². The first-order valence-corrected chi connectivity index (χ1v) is 9.38. The molecule has 10 nitrogen and oxygen atoms in total. The summed E-state index contributed by atoms with van der Waals surface area (Å²) >= 11 is 0. The number of likely N-dealkylation sites (tertiary alicyclic amines) is 1. The van der Waals surface area contributed by atoms with Crippen molar-refractivity contribution in [1.29, 1.82) is 0 Å². The first kappa shape index (κ1) is 20.4. The predicted octanol–water partition coefficient (Wildman–Crippen LogP) is 1.64. The highest BCUT2D eigenvalue weighted by Crippen LogP contribution is 2.38. The van der Waals surface area contributed by atoms with E-state index in [-0.39, 0.29) is 35.0 Å². The molecule has 1 aromatic carbocycles. The van der Waals surface area contributed by atoms with Gasteiger partial charge in [0.1, 0.15) is 11.7 Å². The lowest BCUT2D eigenvalue weighted by atomic mass is 9.81. The maximum atomic E-state index is 12.5. The molecule has 2 fully saturated rings. The van der Waals surface area contributed by atoms with Crippen LogP contribution in [-0.2, 0) is 23.9 Å². The second kappa shape index (κ2) is 8.38. The Balaban J connectivity index is 1.58. The molecular formula is C19H21N3O7. The van der Waals surface area contributed by atoms with Crippen LogP contribution in [0.3, 0.4) is 0 Å². The van der Waals surface area contributed by atoms with Crippen LogP contribution in [0.2, 0.25) is 0 Å². The Hall–Kier alpha value is -3.30. The van der Waals surface area contributed by atoms with Gasteiger partial charge in [0.2, 0.25) is 11.8 Å². The number of carbonyl (C=O) groups excluding carboxylic acids is 4. The molecule has 0 radical (unpaired) electrons. The molecule has 1 saturated carbocycles. The first-order chi connectivity index (χ1) is 13.8. The summed E-state index contributed by atoms with van der Waals surface area (Å²) in [6.07, 6.45) is 3.01. The molecule has 154 valence electrons. The minimum absolute atomic E-state index is 0.0272. The zero-order valence-electron chi connectivity index (χ0n) is 15.8. The largest absolute Gasteiger partial charge is 0.454 e. The van der Waals surface area contributed by atoms with E-state index in [9.17, 15) is 29.3 Å². The van der Waals surface area contributed by atoms with E-state index in [1.807, 2.05) is 0 Å². The lowest BCUT2D eigenvalue weighted by molar-refractivity contribution is -0.383. The summed E-state index contributed by atoms with van der Waals surface area (Å²) < 4.78 is 4.93. The summed E-state index contributed by atoms with van der Waals surface area (Å²) in [7, 11) is 0. The van der Waals surface area contributed by atoms with Crippen LogP contribution in [0.4, 0.5) is 11.4 Å². The number of hydrogen-bond donors (Lipinski definition) is 1. The zero-order valence-corrected chi connectivity index (χ0v) is 15.8. The monoisotopic (exact) mass is 403 g/mol. The van der Waals surface area contributed by atoms with E-state index in [0.717, 1.165) is 17.7 Å². The molecule has 1 aliphatic carbocycles. The number of nitrogens with zero attached hydrogens (tertiary/aromatic N) is 2. The van der Waals surface area contributed by atoms with Gasteiger partial charge < -0.3 is 10.1 Å². The molecule has 1 saturated heterocycles. The third kappa shape index (κ3) is 4.10. The average molecular weight is 403 g/mol. The molecule has 3 atom stereocenters. The van der Waals surface area contributed by atoms with Crippen LogP contribution < -0.4 is 5.32 Å². The molecule has 2 aliphatic rings. The Labute approximate surface area is 166 Å². The molecule has 0 aromatic heterocycles. The van der Waals surface area contributed by atoms with Gasteiger partial charge in [0.25, 0.3) is 11.6 Å². The summed E-state index contributed by atoms with van der Waals surface area (Å²) in [5.74, 6) is -3.15. The standard InChI is InChI=1S/C19H21N3O7/c1-11(21-17(24)12-6-2-3-7-13(12)18(21)25)19(26)29-10-16(23)20-14-8-4-5-9-15(14)22(27)28/h4-5,8-9,11-13H,2-3,6-7,10H2,1H3,(H,20,23). The normalized spacial score (nSPS) is 22.0. The lowest BCUT2D eigenvalue weighted by Gasteiger charge is -2.21. The fraction of sp³-hybridized carbons (Fsp3) is 0.474. The topological polar surface area (TPSA) is 136 Å². The molecule has 3 rings (SSSR count). The number of nitro benzene ring substituents is 1. The fourth-order valence-electron chi connectivity index (χ4n) is 3.86. The average Bonchev–Trinajstić information content (AvgIpc) is 2.96. The number of ether oxygens (including phenoxy) is 1. The summed E-state index contributed by atoms with van der Waals surface area (Å²) in [6, 6.07) is 4.41. The van der Waals surface area contributed by atoms with Crippen molar-refractivity contribution in [3.63, 3.8) is 0 Å². The van der Waals surface area contributed by atoms with Crippen LogP contribution in [0.25, 0.3) is 0 Å². The van der Waals surface area contributed by atoms with Crippen LogP contribution in [0.5, 0.6) is 0 Å². The summed E-state index contributed by atoms with van der Waals surface area (Å²) in [5, 5.41) is 13.3. The Morgan fingerprint density at radius 2 is 1.79 bits per heavy atom. The molecule has 1 N–H and O–H groups in total. The van der Waals surface area contributed by atoms with Gasteiger partial charge in [-0.25, -0.2) is 4.79 Å². The van der Waals surface area contributed by atoms with Gasteiger partial charge in [-0.3, -0.25) is 29.4 Å². The van der Waals surface area contributed by atoms with E-state index in [0.29, 0.717) is 12.8 Å². The molecule has 3 amide bonds. The number of para-hydroxylation sites is 2. The van der Waals surface area contributed by atoms with Crippen molar-refractivity contribution in [2.75, 3.05) is 11.9 Å². The Kier molecular flexibility index (Phi) is 5.90. The Bertz CT molecular complexity index is 845. The minimum atomic E-state index is -1.14. The van der Waals surface area contributed by atoms with Gasteiger partial charge in [0.15, 0.2) is 6.61 Å². The Morgan fingerprint density at radius 1 is 1.21 bits per heavy atom. The van der Waals surface area contributed by atoms with Crippen molar-refractivity contribution in [1.82, 2.24) is 4.90 Å². The first-order valence-electron chi connectivity index (χ1n) is 9.38. The number of anilines is 1. The van der Waals surface area contributed by atoms with Gasteiger partial charge >= 0.3 is 5.97 Å². The lowest BCUT2D eigenvalue weighted by Crippen LogP contribution is -2.45. The molecule has 0 spiro atoms. The fourth-order valence-corrected chi connectivity index (χ4v) is 3.86. The third-order valence-electron chi connectivity index (χ3n) is 5.32. The zero-order chi connectivity index (χ0) is 21.1. The number of benzene rings is 1. The van der Waals surface area contributed by atoms with Crippen molar-refractivity contribution in [2.24, 2.45) is 11.8 Å². The molecule has 1 heterocycles. The maximum absolute atomic E-state index is 12.5. The van der Waals surface area contributed by atoms with Crippen LogP contribution in [0, 0.1) is 22.0 Å². The van der Waals surface area contributed by atoms with E-state index in [1.165, 1.54) is 31.2 Å². The van der Waals surface area contributed by atoms with Gasteiger partial charge in [-0.1, -0.05) is 25.0 Å². The van der Waals surface area contributed by atoms with Gasteiger partial charge in [0, 0.05) is 6.07 Å². The second-order valence-electron chi connectivity index (χ2n) is 7.15. The van der Waals surface area contributed by atoms with Crippen molar-refractivity contribution < 1.29 is 28.8 Å². The second-order valence-corrected chi connectivity index (χ2v) is 7.15. The molecule has 0 bridgehead atoms. The number of amides is 3. The van der Waals surface area contributed by atoms with Crippen LogP contribution in [0.15, 0.2) is 24.3 Å². The summed E-state index contributed by atoms with van der Waals surface area (Å²) in [6.45, 7) is 0.688. The van der Waals surface area contributed by atoms with E-state index in [2.05, 4.69) is 5.32 Å². The minimum Gasteiger partial charge on any atom is -0.454 e. The predicted molar refractivity (Wildman–Crippen MR) is 99.4 cm³/mol. The quantitative estimate of drug-likeness (QED) is 0.330. The summed E-state index contributed by atoms with van der Waals surface area (Å²) in [4.78, 5) is 60.7. The van der Waals surface area contributed by atoms with Crippen LogP contribution in [0.1, 0.15) is 32.6 Å². The number of fused-ring (bicyclic) bond motifs is 1. The molecule has 1 aromatic rings. The van der Waals surface area contributed by atoms with Crippen LogP contribution in [-0.4, -0.2) is 46.2 Å². The van der Waals surface area contributed by atoms with Gasteiger partial charge in [-0.05, 0) is 25.8 Å². The molecular weight excluding hydrogens is 382 g/mol. The number of nitro groups is 1. The number of nitrogens with one attached hydrogen (secondary N) is 1. The number of hydrogen-bond acceptors (Lipinski definition) is 7. The molecule has 10 heteroatoms. The SMILES string of the molecule is CC(C(=O)OCC(=O)Nc1ccccc1[N+](=O)[O-])N1C(=O)C2CCCCC2C1=O. The molecule has 1 aliphatic heterocycles. The highest BCUT2D eigenvalue weighted by Gasteiger charge is 2.51. The van der Waals surface area contributed by atoms with Gasteiger partial charge in [-0.15, -0.1) is 0 Å². The van der Waals surface area contributed by atoms with Crippen molar-refractivity contribution in [3.8, 4) is 0 Å². The van der Waals surface area contributed by atoms with E-state index in [1.54, 1.807) is 0 Å². The van der Waals surface area contributed by atoms with E-state index >= 15 is 0 Å². The van der Waals surface area contributed by atoms with Gasteiger partial charge in [0.05, 0.1) is 16.8 Å². The highest BCUT2D eigenvalue weighted by molar-refractivity contribution is 6.08. The molecule has 3 unspecified atom stereocenters. The van der Waals surface area contributed by atoms with Crippen molar-refractivity contribution >= 4 is 35.1 Å². The third-order valence-corrected chi connectivity index (χ3v) is 5.32. The maximum Gasteiger partial charge on any atom is 0.329 e. The van der Waals surface area contributed by atoms with E-state index < -0.39 is 29.4 Å². The number of imide groups is 1. The van der Waals surface area contributed by atoms with Crippen molar-refractivity contribution in [2.45, 2.75) is 38.6 Å². The highest BCUT2D eigenvalue weighted by atomic mass is 16.6. The number of carbonyl (C=O) groups is 4. The summed E-state index contributed by atoms with van der Waals surface area (Å²) in [5.41, 5.74) is -0.322. The molecule has 29 heavy (non-hydrogen) atoms. The Morgan fingerprint density at radius 3 is 2.38 bits per heavy atom. The van der Waals surface area contributed by atoms with Crippen LogP contribution >= 0.6 is 0 Å².